The van der Waals surface area contributed by atoms with Gasteiger partial charge in [-0.15, -0.1) is 0 Å². The van der Waals surface area contributed by atoms with E-state index < -0.39 is 11.0 Å². The molecule has 0 bridgehead atoms. The van der Waals surface area contributed by atoms with Crippen molar-refractivity contribution >= 4 is 23.1 Å². The molecule has 120 valence electrons. The van der Waals surface area contributed by atoms with Crippen LogP contribution in [0.4, 0.5) is 21.9 Å². The Balaban J connectivity index is 2.25. The third-order valence-electron chi connectivity index (χ3n) is 3.26. The lowest BCUT2D eigenvalue weighted by atomic mass is 10.2. The van der Waals surface area contributed by atoms with Crippen LogP contribution in [0, 0.1) is 17.0 Å². The van der Waals surface area contributed by atoms with Gasteiger partial charge >= 0.3 is 6.03 Å². The molecule has 7 heteroatoms. The second-order valence-corrected chi connectivity index (χ2v) is 4.92. The van der Waals surface area contributed by atoms with Gasteiger partial charge < -0.3 is 10.4 Å². The molecule has 0 saturated carbocycles. The molecule has 0 spiro atoms. The minimum atomic E-state index is -0.558. The second kappa shape index (κ2) is 7.37. The number of aliphatic hydroxyl groups is 1. The van der Waals surface area contributed by atoms with Crippen LogP contribution < -0.4 is 10.2 Å². The molecule has 0 fully saturated rings. The summed E-state index contributed by atoms with van der Waals surface area (Å²) in [5.41, 5.74) is 1.56. The quantitative estimate of drug-likeness (QED) is 0.655. The SMILES string of the molecule is Cc1ccc(N(CCO)C(=O)Nc2ccccc2[N+](=O)[O-])cc1. The van der Waals surface area contributed by atoms with Gasteiger partial charge in [0.15, 0.2) is 0 Å². The van der Waals surface area contributed by atoms with Crippen LogP contribution in [0.2, 0.25) is 0 Å². The number of urea groups is 1. The Hall–Kier alpha value is -2.93. The van der Waals surface area contributed by atoms with Crippen molar-refractivity contribution in [1.82, 2.24) is 0 Å². The van der Waals surface area contributed by atoms with Crippen LogP contribution in [0.5, 0.6) is 0 Å². The summed E-state index contributed by atoms with van der Waals surface area (Å²) in [7, 11) is 0. The molecular weight excluding hydrogens is 298 g/mol. The molecule has 0 unspecified atom stereocenters. The number of aryl methyl sites for hydroxylation is 1. The van der Waals surface area contributed by atoms with Crippen molar-refractivity contribution < 1.29 is 14.8 Å². The largest absolute Gasteiger partial charge is 0.395 e. The first-order valence-corrected chi connectivity index (χ1v) is 7.02. The Morgan fingerprint density at radius 1 is 1.22 bits per heavy atom. The third kappa shape index (κ3) is 4.04. The molecule has 0 aliphatic carbocycles. The predicted molar refractivity (Wildman–Crippen MR) is 87.7 cm³/mol. The van der Waals surface area contributed by atoms with E-state index >= 15 is 0 Å². The molecule has 0 atom stereocenters. The van der Waals surface area contributed by atoms with E-state index in [1.54, 1.807) is 18.2 Å². The number of nitro benzene ring substituents is 1. The normalized spacial score (nSPS) is 10.2. The van der Waals surface area contributed by atoms with Crippen LogP contribution in [0.15, 0.2) is 48.5 Å². The number of aliphatic hydroxyl groups excluding tert-OH is 1. The molecule has 2 aromatic carbocycles. The van der Waals surface area contributed by atoms with Gasteiger partial charge in [-0.1, -0.05) is 29.8 Å². The number of nitro groups is 1. The van der Waals surface area contributed by atoms with Crippen molar-refractivity contribution in [2.75, 3.05) is 23.4 Å². The number of nitrogens with zero attached hydrogens (tertiary/aromatic N) is 2. The summed E-state index contributed by atoms with van der Waals surface area (Å²) in [6.07, 6.45) is 0. The van der Waals surface area contributed by atoms with Crippen LogP contribution in [0.3, 0.4) is 0 Å². The molecular formula is C16H17N3O4. The molecule has 2 N–H and O–H groups in total. The minimum Gasteiger partial charge on any atom is -0.395 e. The smallest absolute Gasteiger partial charge is 0.326 e. The number of hydrogen-bond acceptors (Lipinski definition) is 4. The van der Waals surface area contributed by atoms with Gasteiger partial charge in [0, 0.05) is 11.8 Å². The first-order valence-electron chi connectivity index (χ1n) is 7.02. The number of para-hydroxylation sites is 2. The summed E-state index contributed by atoms with van der Waals surface area (Å²) in [5.74, 6) is 0. The second-order valence-electron chi connectivity index (χ2n) is 4.92. The highest BCUT2D eigenvalue weighted by Gasteiger charge is 2.19. The number of carbonyl (C=O) groups excluding carboxylic acids is 1. The summed E-state index contributed by atoms with van der Waals surface area (Å²) >= 11 is 0. The van der Waals surface area contributed by atoms with Crippen LogP contribution in [0.1, 0.15) is 5.56 Å². The van der Waals surface area contributed by atoms with E-state index in [9.17, 15) is 20.0 Å². The molecule has 2 amide bonds. The van der Waals surface area contributed by atoms with Gasteiger partial charge in [0.25, 0.3) is 5.69 Å². The highest BCUT2D eigenvalue weighted by molar-refractivity contribution is 6.02. The zero-order chi connectivity index (χ0) is 16.8. The van der Waals surface area contributed by atoms with Crippen molar-refractivity contribution in [2.24, 2.45) is 0 Å². The number of hydrogen-bond donors (Lipinski definition) is 2. The molecule has 0 aliphatic rings. The van der Waals surface area contributed by atoms with Crippen LogP contribution in [-0.4, -0.2) is 29.2 Å². The summed E-state index contributed by atoms with van der Waals surface area (Å²) in [4.78, 5) is 24.2. The average Bonchev–Trinajstić information content (AvgIpc) is 2.54. The van der Waals surface area contributed by atoms with E-state index in [1.165, 1.54) is 23.1 Å². The maximum atomic E-state index is 12.4. The van der Waals surface area contributed by atoms with Gasteiger partial charge in [0.1, 0.15) is 5.69 Å². The molecule has 0 saturated heterocycles. The van der Waals surface area contributed by atoms with E-state index in [0.717, 1.165) is 5.56 Å². The molecule has 0 radical (unpaired) electrons. The lowest BCUT2D eigenvalue weighted by Gasteiger charge is -2.22. The molecule has 0 aliphatic heterocycles. The van der Waals surface area contributed by atoms with Crippen molar-refractivity contribution in [3.63, 3.8) is 0 Å². The van der Waals surface area contributed by atoms with Crippen molar-refractivity contribution in [1.29, 1.82) is 0 Å². The van der Waals surface area contributed by atoms with E-state index in [0.29, 0.717) is 5.69 Å². The van der Waals surface area contributed by atoms with Gasteiger partial charge in [-0.25, -0.2) is 4.79 Å². The van der Waals surface area contributed by atoms with E-state index in [1.807, 2.05) is 19.1 Å². The average molecular weight is 315 g/mol. The topological polar surface area (TPSA) is 95.7 Å². The molecule has 7 nitrogen and oxygen atoms in total. The van der Waals surface area contributed by atoms with Crippen LogP contribution in [-0.2, 0) is 0 Å². The fourth-order valence-electron chi connectivity index (χ4n) is 2.09. The summed E-state index contributed by atoms with van der Waals surface area (Å²) in [6.45, 7) is 1.78. The molecule has 23 heavy (non-hydrogen) atoms. The first-order chi connectivity index (χ1) is 11.0. The van der Waals surface area contributed by atoms with Crippen molar-refractivity contribution in [3.8, 4) is 0 Å². The Morgan fingerprint density at radius 3 is 2.48 bits per heavy atom. The Morgan fingerprint density at radius 2 is 1.87 bits per heavy atom. The van der Waals surface area contributed by atoms with Crippen molar-refractivity contribution in [2.45, 2.75) is 6.92 Å². The van der Waals surface area contributed by atoms with E-state index in [4.69, 9.17) is 0 Å². The lowest BCUT2D eigenvalue weighted by molar-refractivity contribution is -0.383. The Labute approximate surface area is 133 Å². The van der Waals surface area contributed by atoms with Crippen LogP contribution in [0.25, 0.3) is 0 Å². The molecule has 0 aromatic heterocycles. The van der Waals surface area contributed by atoms with Gasteiger partial charge in [-0.05, 0) is 25.1 Å². The maximum absolute atomic E-state index is 12.4. The molecule has 0 heterocycles. The number of rotatable bonds is 5. The number of amides is 2. The Bertz CT molecular complexity index is 701. The standard InChI is InChI=1S/C16H17N3O4/c1-12-6-8-13(9-7-12)18(10-11-20)16(21)17-14-4-2-3-5-15(14)19(22)23/h2-9,20H,10-11H2,1H3,(H,17,21). The van der Waals surface area contributed by atoms with E-state index in [2.05, 4.69) is 5.32 Å². The van der Waals surface area contributed by atoms with E-state index in [-0.39, 0.29) is 24.5 Å². The molecule has 2 rings (SSSR count). The van der Waals surface area contributed by atoms with Gasteiger partial charge in [0.2, 0.25) is 0 Å². The maximum Gasteiger partial charge on any atom is 0.326 e. The Kier molecular flexibility index (Phi) is 5.27. The van der Waals surface area contributed by atoms with Gasteiger partial charge in [-0.2, -0.15) is 0 Å². The number of benzene rings is 2. The first kappa shape index (κ1) is 16.4. The van der Waals surface area contributed by atoms with Crippen LogP contribution >= 0.6 is 0 Å². The number of anilines is 2. The minimum absolute atomic E-state index is 0.0789. The van der Waals surface area contributed by atoms with Gasteiger partial charge in [-0.3, -0.25) is 15.0 Å². The fourth-order valence-corrected chi connectivity index (χ4v) is 2.09. The number of carbonyl (C=O) groups is 1. The predicted octanol–water partition coefficient (Wildman–Crippen LogP) is 2.93. The van der Waals surface area contributed by atoms with Crippen molar-refractivity contribution in [3.05, 3.63) is 64.2 Å². The highest BCUT2D eigenvalue weighted by atomic mass is 16.6. The zero-order valence-corrected chi connectivity index (χ0v) is 12.6. The number of nitrogens with one attached hydrogen (secondary N) is 1. The highest BCUT2D eigenvalue weighted by Crippen LogP contribution is 2.24. The summed E-state index contributed by atoms with van der Waals surface area (Å²) in [6, 6.07) is 12.6. The summed E-state index contributed by atoms with van der Waals surface area (Å²) in [5, 5.41) is 22.7. The fraction of sp³-hybridized carbons (Fsp3) is 0.188. The monoisotopic (exact) mass is 315 g/mol. The summed E-state index contributed by atoms with van der Waals surface area (Å²) < 4.78 is 0. The lowest BCUT2D eigenvalue weighted by Crippen LogP contribution is -2.37. The molecule has 2 aromatic rings. The van der Waals surface area contributed by atoms with Gasteiger partial charge in [0.05, 0.1) is 18.1 Å². The third-order valence-corrected chi connectivity index (χ3v) is 3.26. The zero-order valence-electron chi connectivity index (χ0n) is 12.6.